The van der Waals surface area contributed by atoms with Crippen molar-refractivity contribution < 1.29 is 9.47 Å². The fourth-order valence-electron chi connectivity index (χ4n) is 5.14. The summed E-state index contributed by atoms with van der Waals surface area (Å²) in [7, 11) is 3.52. The molecule has 128 valence electrons. The summed E-state index contributed by atoms with van der Waals surface area (Å²) >= 11 is 0. The molecule has 1 heterocycles. The van der Waals surface area contributed by atoms with Gasteiger partial charge in [-0.05, 0) is 65.2 Å². The Balaban J connectivity index is 1.78. The fourth-order valence-corrected chi connectivity index (χ4v) is 5.14. The Hall–Kier alpha value is -1.45. The quantitative estimate of drug-likeness (QED) is 0.767. The minimum absolute atomic E-state index is 0.125. The molecule has 4 atom stereocenters. The highest BCUT2D eigenvalue weighted by Crippen LogP contribution is 2.48. The van der Waals surface area contributed by atoms with Crippen LogP contribution in [0.1, 0.15) is 55.2 Å². The van der Waals surface area contributed by atoms with Gasteiger partial charge in [0, 0.05) is 37.9 Å². The van der Waals surface area contributed by atoms with E-state index >= 15 is 0 Å². The van der Waals surface area contributed by atoms with Gasteiger partial charge < -0.3 is 9.47 Å². The molecule has 24 heavy (non-hydrogen) atoms. The van der Waals surface area contributed by atoms with E-state index in [2.05, 4.69) is 37.2 Å². The van der Waals surface area contributed by atoms with Crippen LogP contribution in [0.3, 0.4) is 0 Å². The molecule has 0 saturated heterocycles. The number of hydrogen-bond acceptors (Lipinski definition) is 3. The van der Waals surface area contributed by atoms with Gasteiger partial charge >= 0.3 is 0 Å². The van der Waals surface area contributed by atoms with E-state index in [0.29, 0.717) is 23.7 Å². The van der Waals surface area contributed by atoms with Crippen molar-refractivity contribution in [2.45, 2.75) is 51.2 Å². The number of aromatic nitrogens is 1. The maximum absolute atomic E-state index is 5.64. The Morgan fingerprint density at radius 1 is 1.08 bits per heavy atom. The maximum atomic E-state index is 5.64. The van der Waals surface area contributed by atoms with E-state index in [1.807, 2.05) is 6.20 Å². The molecule has 0 bridgehead atoms. The Kier molecular flexibility index (Phi) is 4.09. The molecule has 0 amide bonds. The molecule has 0 N–H and O–H groups in total. The normalized spacial score (nSPS) is 29.0. The van der Waals surface area contributed by atoms with Crippen molar-refractivity contribution in [3.63, 3.8) is 0 Å². The van der Waals surface area contributed by atoms with Gasteiger partial charge in [-0.2, -0.15) is 0 Å². The van der Waals surface area contributed by atoms with Gasteiger partial charge in [-0.3, -0.25) is 4.98 Å². The van der Waals surface area contributed by atoms with E-state index in [1.165, 1.54) is 40.3 Å². The second kappa shape index (κ2) is 6.12. The summed E-state index contributed by atoms with van der Waals surface area (Å²) in [6, 6.07) is 4.82. The van der Waals surface area contributed by atoms with Crippen molar-refractivity contribution in [3.05, 3.63) is 41.2 Å². The molecule has 2 aromatic rings. The average molecular weight is 325 g/mol. The zero-order valence-electron chi connectivity index (χ0n) is 15.1. The molecule has 1 saturated carbocycles. The van der Waals surface area contributed by atoms with Gasteiger partial charge in [0.1, 0.15) is 0 Å². The number of nitrogens with zero attached hydrogens (tertiary/aromatic N) is 1. The van der Waals surface area contributed by atoms with Crippen molar-refractivity contribution >= 4 is 10.8 Å². The topological polar surface area (TPSA) is 31.4 Å². The van der Waals surface area contributed by atoms with Crippen molar-refractivity contribution in [2.24, 2.45) is 11.8 Å². The SMILES string of the molecule is COC(OC)C1C(c2cc3c4c(cncc4c2)C(C)C3)CC[C@@H]1C. The van der Waals surface area contributed by atoms with Crippen molar-refractivity contribution in [1.29, 1.82) is 0 Å². The third-order valence-electron chi connectivity index (χ3n) is 6.31. The van der Waals surface area contributed by atoms with E-state index in [-0.39, 0.29) is 6.29 Å². The van der Waals surface area contributed by atoms with Gasteiger partial charge in [0.2, 0.25) is 0 Å². The Morgan fingerprint density at radius 3 is 2.62 bits per heavy atom. The highest BCUT2D eigenvalue weighted by Gasteiger charge is 2.40. The highest BCUT2D eigenvalue weighted by atomic mass is 16.7. The number of methoxy groups -OCH3 is 2. The van der Waals surface area contributed by atoms with E-state index < -0.39 is 0 Å². The average Bonchev–Trinajstić information content (AvgIpc) is 3.12. The predicted molar refractivity (Wildman–Crippen MR) is 96.3 cm³/mol. The summed E-state index contributed by atoms with van der Waals surface area (Å²) < 4.78 is 11.3. The lowest BCUT2D eigenvalue weighted by Crippen LogP contribution is -2.30. The molecule has 4 rings (SSSR count). The summed E-state index contributed by atoms with van der Waals surface area (Å²) in [6.45, 7) is 4.64. The number of rotatable bonds is 4. The lowest BCUT2D eigenvalue weighted by atomic mass is 9.83. The van der Waals surface area contributed by atoms with Crippen molar-refractivity contribution in [2.75, 3.05) is 14.2 Å². The number of pyridine rings is 1. The Morgan fingerprint density at radius 2 is 1.88 bits per heavy atom. The van der Waals surface area contributed by atoms with Gasteiger partial charge in [0.05, 0.1) is 0 Å². The van der Waals surface area contributed by atoms with Crippen LogP contribution in [0.4, 0.5) is 0 Å². The second-order valence-corrected chi connectivity index (χ2v) is 7.69. The van der Waals surface area contributed by atoms with Gasteiger partial charge in [0.15, 0.2) is 6.29 Å². The van der Waals surface area contributed by atoms with Crippen molar-refractivity contribution in [3.8, 4) is 0 Å². The third-order valence-corrected chi connectivity index (χ3v) is 6.31. The molecule has 2 aliphatic rings. The minimum Gasteiger partial charge on any atom is -0.356 e. The number of ether oxygens (including phenoxy) is 2. The second-order valence-electron chi connectivity index (χ2n) is 7.69. The zero-order valence-corrected chi connectivity index (χ0v) is 15.1. The van der Waals surface area contributed by atoms with Crippen LogP contribution in [-0.4, -0.2) is 25.5 Å². The molecule has 3 nitrogen and oxygen atoms in total. The van der Waals surface area contributed by atoms with Gasteiger partial charge in [-0.25, -0.2) is 0 Å². The monoisotopic (exact) mass is 325 g/mol. The van der Waals surface area contributed by atoms with E-state index in [9.17, 15) is 0 Å². The summed E-state index contributed by atoms with van der Waals surface area (Å²) in [6.07, 6.45) is 7.54. The van der Waals surface area contributed by atoms with Crippen molar-refractivity contribution in [1.82, 2.24) is 4.98 Å². The number of hydrogen-bond donors (Lipinski definition) is 0. The third kappa shape index (κ3) is 2.37. The molecule has 1 fully saturated rings. The summed E-state index contributed by atoms with van der Waals surface area (Å²) in [5.41, 5.74) is 4.35. The summed E-state index contributed by atoms with van der Waals surface area (Å²) in [4.78, 5) is 4.49. The first-order valence-electron chi connectivity index (χ1n) is 9.10. The van der Waals surface area contributed by atoms with Crippen LogP contribution in [-0.2, 0) is 15.9 Å². The first kappa shape index (κ1) is 16.0. The van der Waals surface area contributed by atoms with Gasteiger partial charge in [-0.15, -0.1) is 0 Å². The molecule has 1 aromatic carbocycles. The summed E-state index contributed by atoms with van der Waals surface area (Å²) in [5, 5.41) is 2.74. The fraction of sp³-hybridized carbons (Fsp3) is 0.571. The maximum Gasteiger partial charge on any atom is 0.160 e. The van der Waals surface area contributed by atoms with E-state index in [4.69, 9.17) is 9.47 Å². The molecule has 0 spiro atoms. The summed E-state index contributed by atoms with van der Waals surface area (Å²) in [5.74, 6) is 2.12. The Bertz CT molecular complexity index is 753. The molecule has 0 radical (unpaired) electrons. The number of benzene rings is 1. The van der Waals surface area contributed by atoms with Gasteiger partial charge in [0.25, 0.3) is 0 Å². The predicted octanol–water partition coefficient (Wildman–Crippen LogP) is 4.64. The van der Waals surface area contributed by atoms with Crippen LogP contribution in [0.2, 0.25) is 0 Å². The lowest BCUT2D eigenvalue weighted by molar-refractivity contribution is -0.147. The molecule has 0 aliphatic heterocycles. The highest BCUT2D eigenvalue weighted by molar-refractivity contribution is 5.91. The molecule has 1 aromatic heterocycles. The molecule has 3 heteroatoms. The van der Waals surface area contributed by atoms with E-state index in [1.54, 1.807) is 14.2 Å². The molecule has 2 aliphatic carbocycles. The molecule has 3 unspecified atom stereocenters. The lowest BCUT2D eigenvalue weighted by Gasteiger charge is -2.30. The van der Waals surface area contributed by atoms with Crippen LogP contribution >= 0.6 is 0 Å². The standard InChI is InChI=1S/C21H27NO2/c1-12-5-6-17(19(12)21(23-3)24-4)14-8-15-7-13(2)18-11-22-10-16(9-14)20(15)18/h8-13,17,19,21H,5-7H2,1-4H3/t12-,13?,17?,19?/m0/s1. The van der Waals surface area contributed by atoms with Crippen LogP contribution in [0.15, 0.2) is 24.5 Å². The minimum atomic E-state index is -0.125. The smallest absolute Gasteiger partial charge is 0.160 e. The first-order valence-corrected chi connectivity index (χ1v) is 9.10. The molecular formula is C21H27NO2. The van der Waals surface area contributed by atoms with Gasteiger partial charge in [-0.1, -0.05) is 19.9 Å². The van der Waals surface area contributed by atoms with E-state index in [0.717, 1.165) is 6.42 Å². The first-order chi connectivity index (χ1) is 11.6. The zero-order chi connectivity index (χ0) is 16.8. The van der Waals surface area contributed by atoms with Crippen LogP contribution in [0, 0.1) is 11.8 Å². The Labute approximate surface area is 144 Å². The largest absolute Gasteiger partial charge is 0.356 e. The van der Waals surface area contributed by atoms with Crippen LogP contribution in [0.5, 0.6) is 0 Å². The molecular weight excluding hydrogens is 298 g/mol. The van der Waals surface area contributed by atoms with Crippen LogP contribution in [0.25, 0.3) is 10.8 Å². The van der Waals surface area contributed by atoms with Crippen LogP contribution < -0.4 is 0 Å².